The number of aryl methyl sites for hydroxylation is 1. The Morgan fingerprint density at radius 2 is 2.04 bits per heavy atom. The summed E-state index contributed by atoms with van der Waals surface area (Å²) < 4.78 is 3.16. The van der Waals surface area contributed by atoms with Crippen LogP contribution in [0.4, 0.5) is 0 Å². The van der Waals surface area contributed by atoms with Crippen molar-refractivity contribution in [3.05, 3.63) is 28.8 Å². The van der Waals surface area contributed by atoms with Crippen molar-refractivity contribution >= 4 is 17.1 Å². The molecule has 0 atom stereocenters. The summed E-state index contributed by atoms with van der Waals surface area (Å²) in [6.07, 6.45) is 7.43. The van der Waals surface area contributed by atoms with Crippen LogP contribution in [-0.2, 0) is 17.9 Å². The molecule has 1 saturated carbocycles. The van der Waals surface area contributed by atoms with Crippen molar-refractivity contribution in [2.24, 2.45) is 0 Å². The van der Waals surface area contributed by atoms with Gasteiger partial charge in [-0.05, 0) is 31.9 Å². The van der Waals surface area contributed by atoms with E-state index in [1.807, 2.05) is 24.9 Å². The van der Waals surface area contributed by atoms with E-state index in [2.05, 4.69) is 4.98 Å². The number of hydrogen-bond acceptors (Lipinski definition) is 3. The molecule has 2 heterocycles. The van der Waals surface area contributed by atoms with E-state index in [1.165, 1.54) is 19.3 Å². The van der Waals surface area contributed by atoms with Gasteiger partial charge < -0.3 is 4.90 Å². The molecule has 0 spiro atoms. The van der Waals surface area contributed by atoms with Gasteiger partial charge in [-0.25, -0.2) is 9.78 Å². The second kappa shape index (κ2) is 6.56. The van der Waals surface area contributed by atoms with Crippen molar-refractivity contribution in [3.8, 4) is 0 Å². The Kier molecular flexibility index (Phi) is 4.50. The number of carbonyl (C=O) groups excluding carboxylic acids is 1. The molecule has 0 saturated heterocycles. The maximum absolute atomic E-state index is 12.6. The molecule has 0 aromatic carbocycles. The Balaban J connectivity index is 1.87. The molecule has 3 rings (SSSR count). The summed E-state index contributed by atoms with van der Waals surface area (Å²) >= 11 is 0. The fourth-order valence-electron chi connectivity index (χ4n) is 3.50. The molecule has 124 valence electrons. The molecule has 0 unspecified atom stereocenters. The molecule has 1 aliphatic carbocycles. The van der Waals surface area contributed by atoms with Gasteiger partial charge in [0.1, 0.15) is 6.54 Å². The summed E-state index contributed by atoms with van der Waals surface area (Å²) in [5.41, 5.74) is 1.21. The molecule has 6 heteroatoms. The van der Waals surface area contributed by atoms with Crippen LogP contribution in [0.5, 0.6) is 0 Å². The predicted octanol–water partition coefficient (Wildman–Crippen LogP) is 2.01. The van der Waals surface area contributed by atoms with Crippen molar-refractivity contribution in [1.82, 2.24) is 19.0 Å². The highest BCUT2D eigenvalue weighted by Crippen LogP contribution is 2.22. The van der Waals surface area contributed by atoms with Gasteiger partial charge in [0.2, 0.25) is 5.91 Å². The molecule has 0 N–H and O–H groups in total. The molecular weight excluding hydrogens is 292 g/mol. The minimum Gasteiger partial charge on any atom is -0.341 e. The number of imidazole rings is 1. The van der Waals surface area contributed by atoms with Crippen molar-refractivity contribution in [3.63, 3.8) is 0 Å². The second-order valence-corrected chi connectivity index (χ2v) is 6.26. The fraction of sp³-hybridized carbons (Fsp3) is 0.588. The van der Waals surface area contributed by atoms with Gasteiger partial charge in [0.05, 0.1) is 5.52 Å². The zero-order valence-corrected chi connectivity index (χ0v) is 13.9. The monoisotopic (exact) mass is 316 g/mol. The average Bonchev–Trinajstić information content (AvgIpc) is 2.86. The van der Waals surface area contributed by atoms with Crippen molar-refractivity contribution in [2.45, 2.75) is 58.2 Å². The highest BCUT2D eigenvalue weighted by molar-refractivity contribution is 5.79. The lowest BCUT2D eigenvalue weighted by Crippen LogP contribution is -2.41. The second-order valence-electron chi connectivity index (χ2n) is 6.26. The highest BCUT2D eigenvalue weighted by Gasteiger charge is 2.23. The van der Waals surface area contributed by atoms with E-state index >= 15 is 0 Å². The van der Waals surface area contributed by atoms with Gasteiger partial charge in [-0.1, -0.05) is 19.3 Å². The molecule has 23 heavy (non-hydrogen) atoms. The minimum absolute atomic E-state index is 0.00185. The minimum atomic E-state index is -0.161. The van der Waals surface area contributed by atoms with E-state index in [4.69, 9.17) is 0 Å². The van der Waals surface area contributed by atoms with Gasteiger partial charge in [-0.3, -0.25) is 13.9 Å². The molecular formula is C17H24N4O2. The fourth-order valence-corrected chi connectivity index (χ4v) is 3.50. The molecule has 1 fully saturated rings. The van der Waals surface area contributed by atoms with Crippen LogP contribution in [0.25, 0.3) is 11.2 Å². The first kappa shape index (κ1) is 15.8. The Morgan fingerprint density at radius 1 is 1.30 bits per heavy atom. The van der Waals surface area contributed by atoms with Crippen LogP contribution in [0.1, 0.15) is 39.0 Å². The lowest BCUT2D eigenvalue weighted by atomic mass is 9.94. The van der Waals surface area contributed by atoms with Crippen molar-refractivity contribution in [2.75, 3.05) is 7.05 Å². The molecule has 0 radical (unpaired) electrons. The lowest BCUT2D eigenvalue weighted by molar-refractivity contribution is -0.133. The van der Waals surface area contributed by atoms with Gasteiger partial charge in [0, 0.05) is 25.8 Å². The summed E-state index contributed by atoms with van der Waals surface area (Å²) in [6, 6.07) is 3.96. The number of carbonyl (C=O) groups is 1. The topological polar surface area (TPSA) is 60.1 Å². The number of aromatic nitrogens is 3. The van der Waals surface area contributed by atoms with Crippen LogP contribution in [0, 0.1) is 0 Å². The summed E-state index contributed by atoms with van der Waals surface area (Å²) in [5.74, 6) is -0.00185. The maximum Gasteiger partial charge on any atom is 0.330 e. The van der Waals surface area contributed by atoms with Gasteiger partial charge in [0.15, 0.2) is 5.65 Å². The van der Waals surface area contributed by atoms with Crippen molar-refractivity contribution < 1.29 is 4.79 Å². The van der Waals surface area contributed by atoms with E-state index in [0.717, 1.165) is 18.4 Å². The molecule has 0 bridgehead atoms. The molecule has 1 aliphatic rings. The highest BCUT2D eigenvalue weighted by atomic mass is 16.2. The Labute approximate surface area is 135 Å². The van der Waals surface area contributed by atoms with Crippen LogP contribution in [0.15, 0.2) is 23.1 Å². The third-order valence-corrected chi connectivity index (χ3v) is 4.90. The van der Waals surface area contributed by atoms with E-state index in [9.17, 15) is 9.59 Å². The third kappa shape index (κ3) is 2.90. The summed E-state index contributed by atoms with van der Waals surface area (Å²) in [7, 11) is 1.86. The quantitative estimate of drug-likeness (QED) is 0.867. The third-order valence-electron chi connectivity index (χ3n) is 4.90. The molecule has 1 amide bonds. The molecule has 0 aliphatic heterocycles. The van der Waals surface area contributed by atoms with E-state index < -0.39 is 0 Å². The van der Waals surface area contributed by atoms with E-state index in [1.54, 1.807) is 21.4 Å². The zero-order valence-electron chi connectivity index (χ0n) is 13.9. The largest absolute Gasteiger partial charge is 0.341 e. The summed E-state index contributed by atoms with van der Waals surface area (Å²) in [4.78, 5) is 31.3. The maximum atomic E-state index is 12.6. The van der Waals surface area contributed by atoms with Crippen LogP contribution in [-0.4, -0.2) is 38.0 Å². The Hall–Kier alpha value is -2.11. The van der Waals surface area contributed by atoms with Crippen LogP contribution in [0.2, 0.25) is 0 Å². The number of pyridine rings is 1. The molecule has 2 aromatic heterocycles. The number of rotatable bonds is 4. The average molecular weight is 316 g/mol. The molecule has 2 aromatic rings. The lowest BCUT2D eigenvalue weighted by Gasteiger charge is -2.31. The van der Waals surface area contributed by atoms with Crippen LogP contribution in [0.3, 0.4) is 0 Å². The Morgan fingerprint density at radius 3 is 2.74 bits per heavy atom. The zero-order chi connectivity index (χ0) is 16.4. The number of fused-ring (bicyclic) bond motifs is 1. The number of likely N-dealkylation sites (N-methyl/N-ethyl adjacent to an activating group) is 1. The first-order valence-electron chi connectivity index (χ1n) is 8.43. The van der Waals surface area contributed by atoms with E-state index in [-0.39, 0.29) is 18.1 Å². The molecule has 6 nitrogen and oxygen atoms in total. The SMILES string of the molecule is CCn1c(=O)n(CC(=O)N(C)C2CCCCC2)c2cccnc21. The summed E-state index contributed by atoms with van der Waals surface area (Å²) in [6.45, 7) is 2.54. The number of amides is 1. The number of nitrogens with zero attached hydrogens (tertiary/aromatic N) is 4. The van der Waals surface area contributed by atoms with E-state index in [0.29, 0.717) is 18.2 Å². The number of hydrogen-bond donors (Lipinski definition) is 0. The smallest absolute Gasteiger partial charge is 0.330 e. The van der Waals surface area contributed by atoms with Gasteiger partial charge in [-0.2, -0.15) is 0 Å². The van der Waals surface area contributed by atoms with Crippen molar-refractivity contribution in [1.29, 1.82) is 0 Å². The van der Waals surface area contributed by atoms with Crippen LogP contribution < -0.4 is 5.69 Å². The van der Waals surface area contributed by atoms with Crippen LogP contribution >= 0.6 is 0 Å². The van der Waals surface area contributed by atoms with Gasteiger partial charge >= 0.3 is 5.69 Å². The van der Waals surface area contributed by atoms with Gasteiger partial charge in [0.25, 0.3) is 0 Å². The normalized spacial score (nSPS) is 15.9. The predicted molar refractivity (Wildman–Crippen MR) is 89.3 cm³/mol. The summed E-state index contributed by atoms with van der Waals surface area (Å²) in [5, 5.41) is 0. The van der Waals surface area contributed by atoms with Gasteiger partial charge in [-0.15, -0.1) is 0 Å². The Bertz CT molecular complexity index is 756. The first-order chi connectivity index (χ1) is 11.1. The standard InChI is InChI=1S/C17H24N4O2/c1-3-20-16-14(10-7-11-18-16)21(17(20)23)12-15(22)19(2)13-8-5-4-6-9-13/h7,10-11,13H,3-6,8-9,12H2,1-2H3. The first-order valence-corrected chi connectivity index (χ1v) is 8.43.